The summed E-state index contributed by atoms with van der Waals surface area (Å²) in [6.07, 6.45) is 4.96. The van der Waals surface area contributed by atoms with E-state index in [0.717, 1.165) is 12.1 Å². The normalized spacial score (nSPS) is 17.2. The highest BCUT2D eigenvalue weighted by molar-refractivity contribution is 6.38. The third kappa shape index (κ3) is 4.90. The zero-order valence-electron chi connectivity index (χ0n) is 15.9. The number of hydrogen-bond acceptors (Lipinski definition) is 5. The number of likely N-dealkylation sites (tertiary alicyclic amines) is 1. The first-order chi connectivity index (χ1) is 12.4. The van der Waals surface area contributed by atoms with Crippen molar-refractivity contribution < 1.29 is 19.1 Å². The standard InChI is InChI=1S/C20H28N2O4/c1-4-20(2,3)17(23)18(24)22-13-7-11-16(22)19(25)26-14-8-10-15-9-5-6-12-21-15/h5-6,9,12,16H,4,7-8,10-11,13-14H2,1-3H3/t16-/m0/s1. The van der Waals surface area contributed by atoms with Gasteiger partial charge in [0.05, 0.1) is 6.61 Å². The molecule has 1 aliphatic rings. The van der Waals surface area contributed by atoms with Crippen LogP contribution >= 0.6 is 0 Å². The van der Waals surface area contributed by atoms with Crippen LogP contribution in [0.4, 0.5) is 0 Å². The second kappa shape index (κ2) is 8.92. The Kier molecular flexibility index (Phi) is 6.89. The Bertz CT molecular complexity index is 642. The molecule has 1 saturated heterocycles. The fourth-order valence-electron chi connectivity index (χ4n) is 2.90. The fourth-order valence-corrected chi connectivity index (χ4v) is 2.90. The molecule has 0 bridgehead atoms. The highest BCUT2D eigenvalue weighted by Crippen LogP contribution is 2.26. The van der Waals surface area contributed by atoms with Crippen LogP contribution in [0, 0.1) is 5.41 Å². The summed E-state index contributed by atoms with van der Waals surface area (Å²) in [5.41, 5.74) is 0.241. The van der Waals surface area contributed by atoms with Gasteiger partial charge in [0, 0.05) is 23.9 Å². The third-order valence-electron chi connectivity index (χ3n) is 5.03. The minimum atomic E-state index is -0.711. The van der Waals surface area contributed by atoms with E-state index < -0.39 is 29.1 Å². The van der Waals surface area contributed by atoms with Gasteiger partial charge in [-0.15, -0.1) is 0 Å². The van der Waals surface area contributed by atoms with E-state index in [1.807, 2.05) is 25.1 Å². The third-order valence-corrected chi connectivity index (χ3v) is 5.03. The summed E-state index contributed by atoms with van der Waals surface area (Å²) < 4.78 is 5.35. The number of aryl methyl sites for hydroxylation is 1. The maximum atomic E-state index is 12.5. The van der Waals surface area contributed by atoms with Gasteiger partial charge in [-0.3, -0.25) is 14.6 Å². The van der Waals surface area contributed by atoms with Gasteiger partial charge in [-0.25, -0.2) is 4.79 Å². The predicted molar refractivity (Wildman–Crippen MR) is 97.3 cm³/mol. The number of aromatic nitrogens is 1. The SMILES string of the molecule is CCC(C)(C)C(=O)C(=O)N1CCC[C@H]1C(=O)OCCCc1ccccn1. The molecule has 0 radical (unpaired) electrons. The van der Waals surface area contributed by atoms with Gasteiger partial charge >= 0.3 is 5.97 Å². The molecule has 26 heavy (non-hydrogen) atoms. The van der Waals surface area contributed by atoms with Gasteiger partial charge in [-0.05, 0) is 44.2 Å². The first kappa shape index (κ1) is 20.1. The molecule has 142 valence electrons. The van der Waals surface area contributed by atoms with Crippen molar-refractivity contribution in [1.82, 2.24) is 9.88 Å². The first-order valence-corrected chi connectivity index (χ1v) is 9.28. The zero-order chi connectivity index (χ0) is 19.2. The van der Waals surface area contributed by atoms with Crippen molar-refractivity contribution in [2.24, 2.45) is 5.41 Å². The summed E-state index contributed by atoms with van der Waals surface area (Å²) in [6.45, 7) is 6.10. The summed E-state index contributed by atoms with van der Waals surface area (Å²) in [6, 6.07) is 5.07. The van der Waals surface area contributed by atoms with Gasteiger partial charge in [-0.1, -0.05) is 26.8 Å². The average molecular weight is 360 g/mol. The molecule has 0 saturated carbocycles. The molecule has 2 rings (SSSR count). The van der Waals surface area contributed by atoms with Crippen molar-refractivity contribution in [3.63, 3.8) is 0 Å². The van der Waals surface area contributed by atoms with Crippen LogP contribution < -0.4 is 0 Å². The summed E-state index contributed by atoms with van der Waals surface area (Å²) in [7, 11) is 0. The number of hydrogen-bond donors (Lipinski definition) is 0. The molecule has 0 aliphatic carbocycles. The Morgan fingerprint density at radius 3 is 2.73 bits per heavy atom. The predicted octanol–water partition coefficient (Wildman–Crippen LogP) is 2.55. The second-order valence-electron chi connectivity index (χ2n) is 7.32. The number of amides is 1. The van der Waals surface area contributed by atoms with Crippen molar-refractivity contribution in [3.8, 4) is 0 Å². The molecule has 1 aliphatic heterocycles. The summed E-state index contributed by atoms with van der Waals surface area (Å²) in [5, 5.41) is 0. The summed E-state index contributed by atoms with van der Waals surface area (Å²) in [5.74, 6) is -1.42. The molecule has 1 aromatic heterocycles. The lowest BCUT2D eigenvalue weighted by atomic mass is 9.84. The van der Waals surface area contributed by atoms with Crippen LogP contribution in [0.5, 0.6) is 0 Å². The molecular formula is C20H28N2O4. The molecule has 1 fully saturated rings. The molecule has 1 aromatic rings. The molecular weight excluding hydrogens is 332 g/mol. The number of esters is 1. The van der Waals surface area contributed by atoms with E-state index in [0.29, 0.717) is 32.2 Å². The number of pyridine rings is 1. The Hall–Kier alpha value is -2.24. The number of nitrogens with zero attached hydrogens (tertiary/aromatic N) is 2. The van der Waals surface area contributed by atoms with Crippen LogP contribution in [-0.4, -0.2) is 46.7 Å². The van der Waals surface area contributed by atoms with Crippen LogP contribution in [0.25, 0.3) is 0 Å². The molecule has 0 N–H and O–H groups in total. The lowest BCUT2D eigenvalue weighted by molar-refractivity contribution is -0.157. The van der Waals surface area contributed by atoms with Crippen molar-refractivity contribution in [3.05, 3.63) is 30.1 Å². The Morgan fingerprint density at radius 1 is 1.31 bits per heavy atom. The number of carbonyl (C=O) groups is 3. The van der Waals surface area contributed by atoms with E-state index in [2.05, 4.69) is 4.98 Å². The number of ether oxygens (including phenoxy) is 1. The Labute approximate surface area is 154 Å². The lowest BCUT2D eigenvalue weighted by Gasteiger charge is -2.27. The van der Waals surface area contributed by atoms with E-state index in [1.165, 1.54) is 4.90 Å². The Morgan fingerprint density at radius 2 is 2.08 bits per heavy atom. The highest BCUT2D eigenvalue weighted by Gasteiger charge is 2.41. The lowest BCUT2D eigenvalue weighted by Crippen LogP contribution is -2.48. The van der Waals surface area contributed by atoms with Crippen LogP contribution in [-0.2, 0) is 25.5 Å². The number of carbonyl (C=O) groups excluding carboxylic acids is 3. The zero-order valence-corrected chi connectivity index (χ0v) is 15.9. The minimum absolute atomic E-state index is 0.280. The minimum Gasteiger partial charge on any atom is -0.464 e. The molecule has 2 heterocycles. The van der Waals surface area contributed by atoms with Crippen molar-refractivity contribution in [2.45, 2.75) is 58.9 Å². The molecule has 6 nitrogen and oxygen atoms in total. The molecule has 6 heteroatoms. The fraction of sp³-hybridized carbons (Fsp3) is 0.600. The number of Topliss-reactive ketones (excluding diaryl/α,β-unsaturated/α-hetero) is 1. The maximum Gasteiger partial charge on any atom is 0.328 e. The summed E-state index contributed by atoms with van der Waals surface area (Å²) in [4.78, 5) is 42.9. The van der Waals surface area contributed by atoms with Gasteiger partial charge in [-0.2, -0.15) is 0 Å². The van der Waals surface area contributed by atoms with Gasteiger partial charge in [0.15, 0.2) is 0 Å². The molecule has 1 atom stereocenters. The maximum absolute atomic E-state index is 12.5. The van der Waals surface area contributed by atoms with E-state index in [1.54, 1.807) is 20.0 Å². The van der Waals surface area contributed by atoms with Gasteiger partial charge in [0.1, 0.15) is 6.04 Å². The molecule has 1 amide bonds. The van der Waals surface area contributed by atoms with Crippen LogP contribution in [0.2, 0.25) is 0 Å². The van der Waals surface area contributed by atoms with Crippen molar-refractivity contribution in [1.29, 1.82) is 0 Å². The number of ketones is 1. The first-order valence-electron chi connectivity index (χ1n) is 9.28. The van der Waals surface area contributed by atoms with E-state index in [4.69, 9.17) is 4.74 Å². The van der Waals surface area contributed by atoms with E-state index in [-0.39, 0.29) is 6.61 Å². The average Bonchev–Trinajstić information content (AvgIpc) is 3.14. The highest BCUT2D eigenvalue weighted by atomic mass is 16.5. The van der Waals surface area contributed by atoms with Crippen LogP contribution in [0.15, 0.2) is 24.4 Å². The largest absolute Gasteiger partial charge is 0.464 e. The molecule has 0 aromatic carbocycles. The number of rotatable bonds is 8. The monoisotopic (exact) mass is 360 g/mol. The van der Waals surface area contributed by atoms with Gasteiger partial charge in [0.25, 0.3) is 5.91 Å². The van der Waals surface area contributed by atoms with Crippen LogP contribution in [0.3, 0.4) is 0 Å². The van der Waals surface area contributed by atoms with Gasteiger partial charge < -0.3 is 9.64 Å². The van der Waals surface area contributed by atoms with Crippen molar-refractivity contribution >= 4 is 17.7 Å². The van der Waals surface area contributed by atoms with E-state index >= 15 is 0 Å². The van der Waals surface area contributed by atoms with Crippen molar-refractivity contribution in [2.75, 3.05) is 13.2 Å². The summed E-state index contributed by atoms with van der Waals surface area (Å²) >= 11 is 0. The Balaban J connectivity index is 1.85. The second-order valence-corrected chi connectivity index (χ2v) is 7.32. The van der Waals surface area contributed by atoms with Gasteiger partial charge in [0.2, 0.25) is 5.78 Å². The molecule has 0 spiro atoms. The molecule has 0 unspecified atom stereocenters. The van der Waals surface area contributed by atoms with Crippen LogP contribution in [0.1, 0.15) is 52.1 Å². The topological polar surface area (TPSA) is 76.6 Å². The smallest absolute Gasteiger partial charge is 0.328 e. The van der Waals surface area contributed by atoms with E-state index in [9.17, 15) is 14.4 Å². The quantitative estimate of drug-likeness (QED) is 0.404.